The van der Waals surface area contributed by atoms with E-state index in [4.69, 9.17) is 0 Å². The quantitative estimate of drug-likeness (QED) is 0.744. The van der Waals surface area contributed by atoms with E-state index in [0.29, 0.717) is 12.1 Å². The van der Waals surface area contributed by atoms with Gasteiger partial charge in [0.2, 0.25) is 21.8 Å². The molecule has 1 heterocycles. The van der Waals surface area contributed by atoms with Crippen molar-refractivity contribution in [3.63, 3.8) is 0 Å². The van der Waals surface area contributed by atoms with Crippen molar-refractivity contribution < 1.29 is 18.0 Å². The van der Waals surface area contributed by atoms with Crippen LogP contribution in [-0.2, 0) is 19.6 Å². The zero-order valence-corrected chi connectivity index (χ0v) is 19.0. The Morgan fingerprint density at radius 3 is 2.40 bits per heavy atom. The van der Waals surface area contributed by atoms with Crippen molar-refractivity contribution in [2.75, 3.05) is 23.7 Å². The van der Waals surface area contributed by atoms with Crippen LogP contribution in [0.25, 0.3) is 0 Å². The van der Waals surface area contributed by atoms with E-state index in [2.05, 4.69) is 5.32 Å². The number of anilines is 1. The monoisotopic (exact) mass is 435 g/mol. The number of rotatable bonds is 6. The Morgan fingerprint density at radius 1 is 1.17 bits per heavy atom. The second kappa shape index (κ2) is 9.06. The first-order chi connectivity index (χ1) is 14.2. The van der Waals surface area contributed by atoms with Crippen molar-refractivity contribution >= 4 is 27.5 Å². The number of amides is 2. The number of carbonyl (C=O) groups excluding carboxylic acids is 2. The summed E-state index contributed by atoms with van der Waals surface area (Å²) in [6.07, 6.45) is 5.59. The van der Waals surface area contributed by atoms with Gasteiger partial charge >= 0.3 is 0 Å². The standard InChI is InChI=1S/C22H33N3O4S/c1-4-14-30(28,29)24-15-20(26)25(19-12-10-17(2)11-13-19)22(3,16-24)21(27)23-18-8-6-5-7-9-18/h10-13,18H,4-9,14-16H2,1-3H3,(H,23,27)/t22-/m1/s1. The maximum atomic E-state index is 13.5. The summed E-state index contributed by atoms with van der Waals surface area (Å²) >= 11 is 0. The van der Waals surface area contributed by atoms with E-state index in [1.165, 1.54) is 15.6 Å². The van der Waals surface area contributed by atoms with Crippen molar-refractivity contribution in [3.8, 4) is 0 Å². The fraction of sp³-hybridized carbons (Fsp3) is 0.636. The van der Waals surface area contributed by atoms with Crippen LogP contribution in [0.5, 0.6) is 0 Å². The molecule has 0 spiro atoms. The average Bonchev–Trinajstić information content (AvgIpc) is 2.69. The molecule has 1 saturated carbocycles. The molecule has 0 unspecified atom stereocenters. The minimum absolute atomic E-state index is 0.0366. The topological polar surface area (TPSA) is 86.8 Å². The maximum absolute atomic E-state index is 13.5. The van der Waals surface area contributed by atoms with E-state index in [1.54, 1.807) is 13.8 Å². The van der Waals surface area contributed by atoms with Gasteiger partial charge in [-0.05, 0) is 45.2 Å². The first kappa shape index (κ1) is 22.7. The summed E-state index contributed by atoms with van der Waals surface area (Å²) in [5.74, 6) is -0.712. The van der Waals surface area contributed by atoms with E-state index >= 15 is 0 Å². The molecule has 1 aliphatic carbocycles. The van der Waals surface area contributed by atoms with E-state index in [0.717, 1.165) is 31.2 Å². The Kier molecular flexibility index (Phi) is 6.87. The molecule has 8 heteroatoms. The van der Waals surface area contributed by atoms with Crippen molar-refractivity contribution in [3.05, 3.63) is 29.8 Å². The lowest BCUT2D eigenvalue weighted by Gasteiger charge is -2.47. The number of nitrogens with zero attached hydrogens (tertiary/aromatic N) is 2. The van der Waals surface area contributed by atoms with Gasteiger partial charge in [0, 0.05) is 18.3 Å². The molecule has 2 aliphatic rings. The molecule has 2 fully saturated rings. The number of carbonyl (C=O) groups is 2. The number of hydrogen-bond donors (Lipinski definition) is 1. The average molecular weight is 436 g/mol. The van der Waals surface area contributed by atoms with Gasteiger partial charge in [0.05, 0.1) is 12.3 Å². The minimum Gasteiger partial charge on any atom is -0.351 e. The molecule has 1 atom stereocenters. The Hall–Kier alpha value is -1.93. The molecule has 1 aliphatic heterocycles. The fourth-order valence-corrected chi connectivity index (χ4v) is 5.96. The Labute approximate surface area is 179 Å². The SMILES string of the molecule is CCCS(=O)(=O)N1CC(=O)N(c2ccc(C)cc2)[C@@](C)(C(=O)NC2CCCCC2)C1. The molecule has 30 heavy (non-hydrogen) atoms. The van der Waals surface area contributed by atoms with Crippen LogP contribution in [0.2, 0.25) is 0 Å². The first-order valence-corrected chi connectivity index (χ1v) is 12.5. The molecule has 3 rings (SSSR count). The smallest absolute Gasteiger partial charge is 0.247 e. The molecule has 1 N–H and O–H groups in total. The van der Waals surface area contributed by atoms with Gasteiger partial charge in [-0.25, -0.2) is 8.42 Å². The van der Waals surface area contributed by atoms with Crippen LogP contribution in [0.15, 0.2) is 24.3 Å². The van der Waals surface area contributed by atoms with Gasteiger partial charge in [-0.3, -0.25) is 14.5 Å². The molecule has 0 radical (unpaired) electrons. The molecular weight excluding hydrogens is 402 g/mol. The zero-order chi connectivity index (χ0) is 21.9. The van der Waals surface area contributed by atoms with E-state index in [-0.39, 0.29) is 36.7 Å². The Bertz CT molecular complexity index is 878. The van der Waals surface area contributed by atoms with E-state index in [9.17, 15) is 18.0 Å². The zero-order valence-electron chi connectivity index (χ0n) is 18.2. The molecule has 0 bridgehead atoms. The van der Waals surface area contributed by atoms with Gasteiger partial charge in [0.1, 0.15) is 5.54 Å². The van der Waals surface area contributed by atoms with E-state index in [1.807, 2.05) is 31.2 Å². The van der Waals surface area contributed by atoms with E-state index < -0.39 is 15.6 Å². The highest BCUT2D eigenvalue weighted by Crippen LogP contribution is 2.32. The van der Waals surface area contributed by atoms with Crippen molar-refractivity contribution in [1.82, 2.24) is 9.62 Å². The fourth-order valence-electron chi connectivity index (χ4n) is 4.43. The number of sulfonamides is 1. The second-order valence-electron chi connectivity index (χ2n) is 8.73. The number of nitrogens with one attached hydrogen (secondary N) is 1. The number of benzene rings is 1. The molecule has 1 aromatic carbocycles. The molecule has 0 aromatic heterocycles. The lowest BCUT2D eigenvalue weighted by Crippen LogP contribution is -2.71. The summed E-state index contributed by atoms with van der Waals surface area (Å²) in [6.45, 7) is 5.12. The summed E-state index contributed by atoms with van der Waals surface area (Å²) in [6, 6.07) is 7.48. The first-order valence-electron chi connectivity index (χ1n) is 10.9. The molecule has 166 valence electrons. The highest BCUT2D eigenvalue weighted by molar-refractivity contribution is 7.89. The van der Waals surface area contributed by atoms with Crippen LogP contribution >= 0.6 is 0 Å². The van der Waals surface area contributed by atoms with Gasteiger partial charge in [-0.2, -0.15) is 4.31 Å². The van der Waals surface area contributed by atoms with Crippen LogP contribution in [0.3, 0.4) is 0 Å². The summed E-state index contributed by atoms with van der Waals surface area (Å²) in [5.41, 5.74) is 0.339. The van der Waals surface area contributed by atoms with Gasteiger partial charge in [0.25, 0.3) is 0 Å². The summed E-state index contributed by atoms with van der Waals surface area (Å²) in [7, 11) is -3.61. The highest BCUT2D eigenvalue weighted by atomic mass is 32.2. The van der Waals surface area contributed by atoms with Gasteiger partial charge in [-0.1, -0.05) is 43.9 Å². The van der Waals surface area contributed by atoms with Crippen LogP contribution < -0.4 is 10.2 Å². The summed E-state index contributed by atoms with van der Waals surface area (Å²) in [4.78, 5) is 28.2. The van der Waals surface area contributed by atoms with Crippen molar-refractivity contribution in [1.29, 1.82) is 0 Å². The van der Waals surface area contributed by atoms with Gasteiger partial charge in [0.15, 0.2) is 0 Å². The third-order valence-electron chi connectivity index (χ3n) is 6.12. The number of aryl methyl sites for hydroxylation is 1. The minimum atomic E-state index is -3.61. The van der Waals surface area contributed by atoms with Gasteiger partial charge in [-0.15, -0.1) is 0 Å². The molecule has 1 saturated heterocycles. The predicted octanol–water partition coefficient (Wildman–Crippen LogP) is 2.59. The van der Waals surface area contributed by atoms with Crippen LogP contribution in [0, 0.1) is 6.92 Å². The molecular formula is C22H33N3O4S. The molecule has 7 nitrogen and oxygen atoms in total. The lowest BCUT2D eigenvalue weighted by molar-refractivity contribution is -0.133. The maximum Gasteiger partial charge on any atom is 0.247 e. The Balaban J connectivity index is 1.96. The highest BCUT2D eigenvalue weighted by Gasteiger charge is 2.51. The normalized spacial score (nSPS) is 24.1. The second-order valence-corrected chi connectivity index (χ2v) is 10.8. The Morgan fingerprint density at radius 2 is 1.80 bits per heavy atom. The number of piperazine rings is 1. The molecule has 2 amide bonds. The number of hydrogen-bond acceptors (Lipinski definition) is 4. The van der Waals surface area contributed by atoms with Crippen LogP contribution in [0.1, 0.15) is 57.9 Å². The third-order valence-corrected chi connectivity index (χ3v) is 8.09. The summed E-state index contributed by atoms with van der Waals surface area (Å²) in [5, 5.41) is 3.11. The largest absolute Gasteiger partial charge is 0.351 e. The molecule has 1 aromatic rings. The summed E-state index contributed by atoms with van der Waals surface area (Å²) < 4.78 is 26.7. The van der Waals surface area contributed by atoms with Crippen LogP contribution in [0.4, 0.5) is 5.69 Å². The van der Waals surface area contributed by atoms with Crippen molar-refractivity contribution in [2.24, 2.45) is 0 Å². The third kappa shape index (κ3) is 4.70. The van der Waals surface area contributed by atoms with Gasteiger partial charge < -0.3 is 5.32 Å². The van der Waals surface area contributed by atoms with Crippen LogP contribution in [-0.4, -0.2) is 55.0 Å². The van der Waals surface area contributed by atoms with Crippen molar-refractivity contribution in [2.45, 2.75) is 70.9 Å². The lowest BCUT2D eigenvalue weighted by atomic mass is 9.91. The predicted molar refractivity (Wildman–Crippen MR) is 118 cm³/mol.